The van der Waals surface area contributed by atoms with Crippen molar-refractivity contribution in [3.05, 3.63) is 11.3 Å². The van der Waals surface area contributed by atoms with Crippen LogP contribution in [0.1, 0.15) is 39.0 Å². The van der Waals surface area contributed by atoms with Crippen LogP contribution in [0, 0.1) is 5.92 Å². The quantitative estimate of drug-likeness (QED) is 0.743. The molecule has 2 amide bonds. The number of hydrogen-bond acceptors (Lipinski definition) is 3. The van der Waals surface area contributed by atoms with Gasteiger partial charge in [0.1, 0.15) is 5.82 Å². The predicted octanol–water partition coefficient (Wildman–Crippen LogP) is 1.68. The van der Waals surface area contributed by atoms with Gasteiger partial charge in [-0.05, 0) is 18.8 Å². The number of aromatic nitrogens is 2. The number of aryl methyl sites for hydroxylation is 2. The Hall–Kier alpha value is -1.56. The summed E-state index contributed by atoms with van der Waals surface area (Å²) >= 11 is 0. The Kier molecular flexibility index (Phi) is 6.01. The summed E-state index contributed by atoms with van der Waals surface area (Å²) in [5.41, 5.74) is 2.07. The molecule has 0 fully saturated rings. The summed E-state index contributed by atoms with van der Waals surface area (Å²) in [4.78, 5) is 12.0. The molecule has 0 saturated heterocycles. The van der Waals surface area contributed by atoms with Gasteiger partial charge in [0.25, 0.3) is 0 Å². The second-order valence-corrected chi connectivity index (χ2v) is 5.24. The van der Waals surface area contributed by atoms with Crippen LogP contribution in [0.5, 0.6) is 0 Å². The number of nitrogens with one attached hydrogen (secondary N) is 2. The molecular weight excluding hydrogens is 256 g/mol. The third-order valence-corrected chi connectivity index (χ3v) is 3.47. The van der Waals surface area contributed by atoms with Crippen LogP contribution in [-0.4, -0.2) is 33.6 Å². The summed E-state index contributed by atoms with van der Waals surface area (Å²) in [6.07, 6.45) is 1.66. The molecule has 0 bridgehead atoms. The van der Waals surface area contributed by atoms with E-state index in [1.54, 1.807) is 4.68 Å². The average molecular weight is 282 g/mol. The molecule has 1 aromatic heterocycles. The number of aliphatic hydroxyl groups excluding tert-OH is 1. The van der Waals surface area contributed by atoms with E-state index in [4.69, 9.17) is 0 Å². The van der Waals surface area contributed by atoms with Crippen LogP contribution in [0.15, 0.2) is 0 Å². The standard InChI is InChI=1S/C14H26N4O2/c1-6-10-11(7-2)17-18(5)13(10)16-14(20)15-12(8-19)9(3)4/h9,12,19H,6-8H2,1-5H3,(H2,15,16,20)/t12-/m1/s1. The molecule has 20 heavy (non-hydrogen) atoms. The zero-order valence-electron chi connectivity index (χ0n) is 13.0. The van der Waals surface area contributed by atoms with E-state index in [0.717, 1.165) is 29.9 Å². The lowest BCUT2D eigenvalue weighted by Crippen LogP contribution is -2.43. The summed E-state index contributed by atoms with van der Waals surface area (Å²) in [7, 11) is 1.82. The molecule has 0 saturated carbocycles. The molecule has 6 nitrogen and oxygen atoms in total. The third-order valence-electron chi connectivity index (χ3n) is 3.47. The average Bonchev–Trinajstić information content (AvgIpc) is 2.71. The topological polar surface area (TPSA) is 79.2 Å². The SMILES string of the molecule is CCc1nn(C)c(NC(=O)N[C@H](CO)C(C)C)c1CC. The lowest BCUT2D eigenvalue weighted by Gasteiger charge is -2.20. The Morgan fingerprint density at radius 3 is 2.45 bits per heavy atom. The Morgan fingerprint density at radius 2 is 2.00 bits per heavy atom. The lowest BCUT2D eigenvalue weighted by molar-refractivity contribution is 0.204. The zero-order chi connectivity index (χ0) is 15.3. The highest BCUT2D eigenvalue weighted by molar-refractivity contribution is 5.89. The molecule has 0 unspecified atom stereocenters. The van der Waals surface area contributed by atoms with Gasteiger partial charge in [0.15, 0.2) is 0 Å². The minimum atomic E-state index is -0.307. The van der Waals surface area contributed by atoms with Crippen molar-refractivity contribution in [2.45, 2.75) is 46.6 Å². The monoisotopic (exact) mass is 282 g/mol. The Labute approximate surface area is 120 Å². The van der Waals surface area contributed by atoms with Crippen molar-refractivity contribution in [3.8, 4) is 0 Å². The van der Waals surface area contributed by atoms with Gasteiger partial charge in [0.05, 0.1) is 18.3 Å². The highest BCUT2D eigenvalue weighted by Crippen LogP contribution is 2.20. The van der Waals surface area contributed by atoms with Gasteiger partial charge in [-0.3, -0.25) is 10.00 Å². The van der Waals surface area contributed by atoms with Gasteiger partial charge < -0.3 is 10.4 Å². The molecule has 0 spiro atoms. The predicted molar refractivity (Wildman–Crippen MR) is 79.8 cm³/mol. The summed E-state index contributed by atoms with van der Waals surface area (Å²) in [6.45, 7) is 7.93. The van der Waals surface area contributed by atoms with Crippen LogP contribution in [0.4, 0.5) is 10.6 Å². The summed E-state index contributed by atoms with van der Waals surface area (Å²) in [6, 6.07) is -0.558. The molecule has 0 aliphatic rings. The number of rotatable bonds is 6. The van der Waals surface area contributed by atoms with Crippen LogP contribution in [0.25, 0.3) is 0 Å². The van der Waals surface area contributed by atoms with E-state index in [-0.39, 0.29) is 24.6 Å². The van der Waals surface area contributed by atoms with Crippen molar-refractivity contribution >= 4 is 11.8 Å². The van der Waals surface area contributed by atoms with Gasteiger partial charge >= 0.3 is 6.03 Å². The molecule has 0 aliphatic carbocycles. The molecule has 1 heterocycles. The number of hydrogen-bond donors (Lipinski definition) is 3. The molecule has 1 rings (SSSR count). The van der Waals surface area contributed by atoms with Crippen molar-refractivity contribution in [2.75, 3.05) is 11.9 Å². The van der Waals surface area contributed by atoms with Crippen LogP contribution < -0.4 is 10.6 Å². The number of aliphatic hydroxyl groups is 1. The van der Waals surface area contributed by atoms with Gasteiger partial charge in [-0.15, -0.1) is 0 Å². The fraction of sp³-hybridized carbons (Fsp3) is 0.714. The van der Waals surface area contributed by atoms with Crippen molar-refractivity contribution in [1.29, 1.82) is 0 Å². The highest BCUT2D eigenvalue weighted by atomic mass is 16.3. The van der Waals surface area contributed by atoms with Crippen LogP contribution in [0.3, 0.4) is 0 Å². The first kappa shape index (κ1) is 16.5. The van der Waals surface area contributed by atoms with Crippen molar-refractivity contribution in [3.63, 3.8) is 0 Å². The molecule has 0 aliphatic heterocycles. The lowest BCUT2D eigenvalue weighted by atomic mass is 10.1. The van der Waals surface area contributed by atoms with E-state index >= 15 is 0 Å². The van der Waals surface area contributed by atoms with E-state index < -0.39 is 0 Å². The number of nitrogens with zero attached hydrogens (tertiary/aromatic N) is 2. The normalized spacial score (nSPS) is 12.6. The summed E-state index contributed by atoms with van der Waals surface area (Å²) < 4.78 is 1.70. The van der Waals surface area contributed by atoms with E-state index in [9.17, 15) is 9.90 Å². The van der Waals surface area contributed by atoms with Gasteiger partial charge in [-0.1, -0.05) is 27.7 Å². The highest BCUT2D eigenvalue weighted by Gasteiger charge is 2.18. The Morgan fingerprint density at radius 1 is 1.35 bits per heavy atom. The number of urea groups is 1. The molecule has 114 valence electrons. The first-order valence-electron chi connectivity index (χ1n) is 7.17. The summed E-state index contributed by atoms with van der Waals surface area (Å²) in [5.74, 6) is 0.899. The van der Waals surface area contributed by atoms with Crippen LogP contribution >= 0.6 is 0 Å². The first-order chi connectivity index (χ1) is 9.44. The Bertz CT molecular complexity index is 454. The fourth-order valence-electron chi connectivity index (χ4n) is 2.17. The largest absolute Gasteiger partial charge is 0.394 e. The first-order valence-corrected chi connectivity index (χ1v) is 7.17. The number of carbonyl (C=O) groups is 1. The number of anilines is 1. The molecule has 0 aromatic carbocycles. The molecule has 1 atom stereocenters. The maximum Gasteiger partial charge on any atom is 0.320 e. The van der Waals surface area contributed by atoms with E-state index in [1.807, 2.05) is 34.7 Å². The number of carbonyl (C=O) groups excluding carboxylic acids is 1. The van der Waals surface area contributed by atoms with Gasteiger partial charge in [0, 0.05) is 12.6 Å². The van der Waals surface area contributed by atoms with Crippen LogP contribution in [0.2, 0.25) is 0 Å². The minimum absolute atomic E-state index is 0.0721. The number of amides is 2. The maximum atomic E-state index is 12.0. The molecule has 0 radical (unpaired) electrons. The minimum Gasteiger partial charge on any atom is -0.394 e. The second kappa shape index (κ2) is 7.28. The molecule has 3 N–H and O–H groups in total. The second-order valence-electron chi connectivity index (χ2n) is 5.24. The fourth-order valence-corrected chi connectivity index (χ4v) is 2.17. The third kappa shape index (κ3) is 3.72. The Balaban J connectivity index is 2.83. The zero-order valence-corrected chi connectivity index (χ0v) is 13.0. The van der Waals surface area contributed by atoms with Gasteiger partial charge in [-0.2, -0.15) is 5.10 Å². The van der Waals surface area contributed by atoms with E-state index in [2.05, 4.69) is 15.7 Å². The van der Waals surface area contributed by atoms with Crippen molar-refractivity contribution in [1.82, 2.24) is 15.1 Å². The van der Waals surface area contributed by atoms with Crippen molar-refractivity contribution in [2.24, 2.45) is 13.0 Å². The molecule has 1 aromatic rings. The van der Waals surface area contributed by atoms with E-state index in [0.29, 0.717) is 0 Å². The van der Waals surface area contributed by atoms with Gasteiger partial charge in [-0.25, -0.2) is 4.79 Å². The molecular formula is C14H26N4O2. The summed E-state index contributed by atoms with van der Waals surface area (Å²) in [5, 5.41) is 19.3. The smallest absolute Gasteiger partial charge is 0.320 e. The van der Waals surface area contributed by atoms with E-state index in [1.165, 1.54) is 0 Å². The van der Waals surface area contributed by atoms with Crippen LogP contribution in [-0.2, 0) is 19.9 Å². The maximum absolute atomic E-state index is 12.0. The van der Waals surface area contributed by atoms with Gasteiger partial charge in [0.2, 0.25) is 0 Å². The molecule has 6 heteroatoms. The van der Waals surface area contributed by atoms with Crippen molar-refractivity contribution < 1.29 is 9.90 Å².